The molecule has 0 saturated heterocycles. The molecule has 0 radical (unpaired) electrons. The fourth-order valence-corrected chi connectivity index (χ4v) is 3.52. The van der Waals surface area contributed by atoms with Gasteiger partial charge in [-0.3, -0.25) is 0 Å². The van der Waals surface area contributed by atoms with Gasteiger partial charge in [0.1, 0.15) is 5.65 Å². The number of alkyl halides is 3. The summed E-state index contributed by atoms with van der Waals surface area (Å²) in [4.78, 5) is 15.5. The minimum atomic E-state index is -4.24. The molecule has 10 heteroatoms. The van der Waals surface area contributed by atoms with Crippen molar-refractivity contribution in [2.75, 3.05) is 11.9 Å². The zero-order valence-corrected chi connectivity index (χ0v) is 15.3. The third-order valence-electron chi connectivity index (χ3n) is 5.41. The summed E-state index contributed by atoms with van der Waals surface area (Å²) in [5, 5.41) is 3.34. The van der Waals surface area contributed by atoms with Crippen molar-refractivity contribution in [3.05, 3.63) is 42.4 Å². The van der Waals surface area contributed by atoms with Crippen LogP contribution in [0.25, 0.3) is 27.8 Å². The highest BCUT2D eigenvalue weighted by Crippen LogP contribution is 2.57. The number of rotatable bonds is 4. The van der Waals surface area contributed by atoms with Crippen LogP contribution in [0.5, 0.6) is 0 Å². The molecule has 5 rings (SSSR count). The van der Waals surface area contributed by atoms with Gasteiger partial charge in [-0.25, -0.2) is 14.4 Å². The molecule has 1 aliphatic carbocycles. The van der Waals surface area contributed by atoms with Gasteiger partial charge in [0, 0.05) is 47.8 Å². The van der Waals surface area contributed by atoms with Crippen LogP contribution in [0.2, 0.25) is 0 Å². The molecule has 0 bridgehead atoms. The van der Waals surface area contributed by atoms with Crippen LogP contribution in [0.4, 0.5) is 23.5 Å². The molecule has 0 amide bonds. The largest absolute Gasteiger partial charge is 0.396 e. The Labute approximate surface area is 162 Å². The van der Waals surface area contributed by atoms with Crippen LogP contribution in [0.1, 0.15) is 18.5 Å². The average molecular weight is 404 g/mol. The normalized spacial score (nSPS) is 15.9. The molecule has 0 aromatic carbocycles. The minimum Gasteiger partial charge on any atom is -0.353 e. The van der Waals surface area contributed by atoms with E-state index in [9.17, 15) is 17.6 Å². The van der Waals surface area contributed by atoms with Crippen LogP contribution in [-0.2, 0) is 0 Å². The van der Waals surface area contributed by atoms with Gasteiger partial charge in [-0.1, -0.05) is 0 Å². The number of aromatic amines is 1. The molecule has 0 unspecified atom stereocenters. The Kier molecular flexibility index (Phi) is 3.65. The molecular formula is C19H16F4N6. The first-order chi connectivity index (χ1) is 13.8. The van der Waals surface area contributed by atoms with Crippen LogP contribution >= 0.6 is 0 Å². The molecule has 1 saturated carbocycles. The van der Waals surface area contributed by atoms with Crippen molar-refractivity contribution in [2.45, 2.75) is 25.9 Å². The van der Waals surface area contributed by atoms with E-state index in [4.69, 9.17) is 0 Å². The first kappa shape index (κ1) is 17.9. The molecule has 0 aliphatic heterocycles. The van der Waals surface area contributed by atoms with Gasteiger partial charge in [-0.05, 0) is 25.8 Å². The Morgan fingerprint density at radius 2 is 2.03 bits per heavy atom. The molecule has 4 aromatic rings. The quantitative estimate of drug-likeness (QED) is 0.492. The predicted molar refractivity (Wildman–Crippen MR) is 99.0 cm³/mol. The van der Waals surface area contributed by atoms with Gasteiger partial charge in [0.2, 0.25) is 5.95 Å². The highest BCUT2D eigenvalue weighted by Gasteiger charge is 2.62. The molecule has 1 aliphatic rings. The van der Waals surface area contributed by atoms with E-state index in [0.29, 0.717) is 27.9 Å². The molecule has 6 nitrogen and oxygen atoms in total. The van der Waals surface area contributed by atoms with Crippen molar-refractivity contribution >= 4 is 22.6 Å². The van der Waals surface area contributed by atoms with Crippen LogP contribution in [0.15, 0.2) is 30.9 Å². The Morgan fingerprint density at radius 3 is 2.76 bits per heavy atom. The number of hydrogen-bond acceptors (Lipinski definition) is 4. The Hall–Kier alpha value is -3.17. The van der Waals surface area contributed by atoms with Crippen molar-refractivity contribution < 1.29 is 17.6 Å². The zero-order chi connectivity index (χ0) is 20.4. The lowest BCUT2D eigenvalue weighted by Crippen LogP contribution is -2.31. The first-order valence-electron chi connectivity index (χ1n) is 9.06. The number of nitrogens with zero attached hydrogens (tertiary/aromatic N) is 4. The van der Waals surface area contributed by atoms with Crippen LogP contribution in [0.3, 0.4) is 0 Å². The summed E-state index contributed by atoms with van der Waals surface area (Å²) >= 11 is 0. The molecule has 29 heavy (non-hydrogen) atoms. The molecule has 2 N–H and O–H groups in total. The summed E-state index contributed by atoms with van der Waals surface area (Å²) in [5.41, 5.74) is 1.02. The number of aromatic nitrogens is 5. The number of hydrogen-bond donors (Lipinski definition) is 2. The molecule has 1 fully saturated rings. The van der Waals surface area contributed by atoms with E-state index < -0.39 is 17.4 Å². The number of imidazole rings is 1. The third kappa shape index (κ3) is 2.90. The van der Waals surface area contributed by atoms with E-state index in [2.05, 4.69) is 25.3 Å². The topological polar surface area (TPSA) is 70.9 Å². The fraction of sp³-hybridized carbons (Fsp3) is 0.316. The van der Waals surface area contributed by atoms with E-state index in [0.717, 1.165) is 0 Å². The highest BCUT2D eigenvalue weighted by atomic mass is 19.4. The van der Waals surface area contributed by atoms with Crippen molar-refractivity contribution in [3.8, 4) is 11.1 Å². The number of fused-ring (bicyclic) bond motifs is 2. The lowest BCUT2D eigenvalue weighted by atomic mass is 10.1. The van der Waals surface area contributed by atoms with Gasteiger partial charge in [0.05, 0.1) is 11.1 Å². The number of aryl methyl sites for hydroxylation is 1. The van der Waals surface area contributed by atoms with Crippen molar-refractivity contribution in [2.24, 2.45) is 5.41 Å². The van der Waals surface area contributed by atoms with E-state index in [1.54, 1.807) is 29.9 Å². The molecule has 4 heterocycles. The monoisotopic (exact) mass is 404 g/mol. The SMILES string of the molecule is Cc1cn2cc(-c3c[nH]c4nc(NCC5(C(F)(F)F)CC5)ncc34)cc(F)c2n1. The van der Waals surface area contributed by atoms with E-state index in [1.165, 1.54) is 12.3 Å². The second-order valence-corrected chi connectivity index (χ2v) is 7.48. The molecule has 0 atom stereocenters. The number of nitrogens with one attached hydrogen (secondary N) is 2. The maximum Gasteiger partial charge on any atom is 0.396 e. The summed E-state index contributed by atoms with van der Waals surface area (Å²) < 4.78 is 55.2. The summed E-state index contributed by atoms with van der Waals surface area (Å²) in [6, 6.07) is 1.39. The fourth-order valence-electron chi connectivity index (χ4n) is 3.52. The first-order valence-corrected chi connectivity index (χ1v) is 9.06. The minimum absolute atomic E-state index is 0.111. The van der Waals surface area contributed by atoms with Gasteiger partial charge in [-0.15, -0.1) is 0 Å². The summed E-state index contributed by atoms with van der Waals surface area (Å²) in [7, 11) is 0. The molecule has 4 aromatic heterocycles. The third-order valence-corrected chi connectivity index (χ3v) is 5.41. The second kappa shape index (κ2) is 5.91. The molecule has 0 spiro atoms. The second-order valence-electron chi connectivity index (χ2n) is 7.48. The van der Waals surface area contributed by atoms with Crippen LogP contribution < -0.4 is 5.32 Å². The lowest BCUT2D eigenvalue weighted by Gasteiger charge is -2.19. The zero-order valence-electron chi connectivity index (χ0n) is 15.3. The number of pyridine rings is 1. The Balaban J connectivity index is 1.45. The predicted octanol–water partition coefficient (Wildman–Crippen LogP) is 4.47. The number of halogens is 4. The van der Waals surface area contributed by atoms with E-state index >= 15 is 0 Å². The smallest absolute Gasteiger partial charge is 0.353 e. The molecular weight excluding hydrogens is 388 g/mol. The number of H-pyrrole nitrogens is 1. The van der Waals surface area contributed by atoms with E-state index in [1.807, 2.05) is 0 Å². The average Bonchev–Trinajstić information content (AvgIpc) is 3.20. The van der Waals surface area contributed by atoms with E-state index in [-0.39, 0.29) is 31.0 Å². The maximum atomic E-state index is 14.4. The van der Waals surface area contributed by atoms with Crippen molar-refractivity contribution in [1.82, 2.24) is 24.3 Å². The Bertz CT molecular complexity index is 1230. The number of anilines is 1. The highest BCUT2D eigenvalue weighted by molar-refractivity contribution is 5.93. The Morgan fingerprint density at radius 1 is 1.24 bits per heavy atom. The van der Waals surface area contributed by atoms with Crippen LogP contribution in [-0.4, -0.2) is 37.1 Å². The van der Waals surface area contributed by atoms with Crippen molar-refractivity contribution in [1.29, 1.82) is 0 Å². The van der Waals surface area contributed by atoms with Gasteiger partial charge in [-0.2, -0.15) is 18.2 Å². The summed E-state index contributed by atoms with van der Waals surface area (Å²) in [6.45, 7) is 1.53. The van der Waals surface area contributed by atoms with Gasteiger partial charge in [0.25, 0.3) is 0 Å². The lowest BCUT2D eigenvalue weighted by molar-refractivity contribution is -0.182. The summed E-state index contributed by atoms with van der Waals surface area (Å²) in [6.07, 6.45) is 2.66. The molecule has 150 valence electrons. The standard InChI is InChI=1S/C19H16F4N6/c1-10-7-29-8-11(4-14(20)16(29)27-10)12-5-24-15-13(12)6-25-17(28-15)26-9-18(2-3-18)19(21,22)23/h4-8H,2-3,9H2,1H3,(H2,24,25,26,28). The summed E-state index contributed by atoms with van der Waals surface area (Å²) in [5.74, 6) is -0.334. The van der Waals surface area contributed by atoms with Crippen molar-refractivity contribution in [3.63, 3.8) is 0 Å². The van der Waals surface area contributed by atoms with Crippen LogP contribution in [0, 0.1) is 18.2 Å². The van der Waals surface area contributed by atoms with Gasteiger partial charge >= 0.3 is 6.18 Å². The van der Waals surface area contributed by atoms with Gasteiger partial charge < -0.3 is 14.7 Å². The maximum absolute atomic E-state index is 14.4. The van der Waals surface area contributed by atoms with Gasteiger partial charge in [0.15, 0.2) is 11.5 Å².